The van der Waals surface area contributed by atoms with Crippen LogP contribution in [-0.2, 0) is 26.1 Å². The van der Waals surface area contributed by atoms with Gasteiger partial charge < -0.3 is 9.88 Å². The van der Waals surface area contributed by atoms with Crippen molar-refractivity contribution in [3.63, 3.8) is 0 Å². The minimum absolute atomic E-state index is 0.00382. The lowest BCUT2D eigenvalue weighted by atomic mass is 9.75. The highest BCUT2D eigenvalue weighted by molar-refractivity contribution is 5.73. The quantitative estimate of drug-likeness (QED) is 0.702. The molecule has 2 aromatic heterocycles. The summed E-state index contributed by atoms with van der Waals surface area (Å²) >= 11 is 0. The second-order valence-electron chi connectivity index (χ2n) is 9.08. The van der Waals surface area contributed by atoms with Gasteiger partial charge in [0.2, 0.25) is 5.95 Å². The summed E-state index contributed by atoms with van der Waals surface area (Å²) in [5.41, 5.74) is 2.39. The molecule has 7 heteroatoms. The number of benzene rings is 1. The molecule has 3 heterocycles. The first-order valence-corrected chi connectivity index (χ1v) is 9.55. The van der Waals surface area contributed by atoms with Crippen LogP contribution in [0.1, 0.15) is 45.2 Å². The molecule has 0 unspecified atom stereocenters. The number of hydrogen-bond donors (Lipinski definition) is 1. The molecule has 0 saturated carbocycles. The molecule has 148 valence electrons. The Kier molecular flexibility index (Phi) is 3.86. The van der Waals surface area contributed by atoms with Gasteiger partial charge in [-0.25, -0.2) is 4.79 Å². The molecule has 1 aromatic carbocycles. The number of fused-ring (bicyclic) bond motifs is 2. The summed E-state index contributed by atoms with van der Waals surface area (Å²) in [7, 11) is 3.12. The lowest BCUT2D eigenvalue weighted by Gasteiger charge is -2.40. The third-order valence-corrected chi connectivity index (χ3v) is 6.02. The van der Waals surface area contributed by atoms with Gasteiger partial charge in [-0.2, -0.15) is 4.98 Å². The SMILES string of the molecule is Cn1c(=O)c2[nH]c(N3Cc4ccccc4C(C)(C)CC3(C)C)nc2n(C)c1=O. The zero-order valence-corrected chi connectivity index (χ0v) is 17.3. The third-order valence-electron chi connectivity index (χ3n) is 6.02. The van der Waals surface area contributed by atoms with Crippen LogP contribution in [0.15, 0.2) is 33.9 Å². The van der Waals surface area contributed by atoms with Gasteiger partial charge >= 0.3 is 5.69 Å². The van der Waals surface area contributed by atoms with Gasteiger partial charge in [0.1, 0.15) is 0 Å². The number of nitrogens with zero attached hydrogens (tertiary/aromatic N) is 4. The lowest BCUT2D eigenvalue weighted by Crippen LogP contribution is -2.45. The first-order chi connectivity index (χ1) is 13.0. The van der Waals surface area contributed by atoms with Crippen LogP contribution < -0.4 is 16.1 Å². The van der Waals surface area contributed by atoms with Crippen LogP contribution in [0.4, 0.5) is 5.95 Å². The Balaban J connectivity index is 1.94. The summed E-state index contributed by atoms with van der Waals surface area (Å²) in [6, 6.07) is 8.50. The Morgan fingerprint density at radius 1 is 1.04 bits per heavy atom. The van der Waals surface area contributed by atoms with Crippen molar-refractivity contribution in [3.8, 4) is 0 Å². The monoisotopic (exact) mass is 381 g/mol. The van der Waals surface area contributed by atoms with Crippen molar-refractivity contribution in [3.05, 3.63) is 56.2 Å². The molecular formula is C21H27N5O2. The Morgan fingerprint density at radius 2 is 1.71 bits per heavy atom. The Morgan fingerprint density at radius 3 is 2.43 bits per heavy atom. The average molecular weight is 381 g/mol. The fraction of sp³-hybridized carbons (Fsp3) is 0.476. The molecule has 0 spiro atoms. The number of H-pyrrole nitrogens is 1. The number of aromatic nitrogens is 4. The summed E-state index contributed by atoms with van der Waals surface area (Å²) in [4.78, 5) is 35.0. The standard InChI is InChI=1S/C21H27N5O2/c1-20(2)12-21(3,4)26(11-13-9-7-8-10-14(13)20)18-22-15-16(23-18)24(5)19(28)25(6)17(15)27/h7-10H,11-12H2,1-6H3,(H,22,23). The van der Waals surface area contributed by atoms with Gasteiger partial charge in [0.25, 0.3) is 5.56 Å². The number of rotatable bonds is 1. The minimum atomic E-state index is -0.378. The van der Waals surface area contributed by atoms with E-state index in [0.29, 0.717) is 23.7 Å². The maximum Gasteiger partial charge on any atom is 0.332 e. The van der Waals surface area contributed by atoms with E-state index in [4.69, 9.17) is 0 Å². The number of nitrogens with one attached hydrogen (secondary N) is 1. The molecule has 0 amide bonds. The van der Waals surface area contributed by atoms with Crippen molar-refractivity contribution >= 4 is 17.1 Å². The maximum atomic E-state index is 12.6. The molecule has 1 aliphatic heterocycles. The van der Waals surface area contributed by atoms with Crippen LogP contribution in [0.25, 0.3) is 11.2 Å². The third kappa shape index (κ3) is 2.60. The molecular weight excluding hydrogens is 354 g/mol. The fourth-order valence-corrected chi connectivity index (χ4v) is 4.78. The van der Waals surface area contributed by atoms with E-state index in [0.717, 1.165) is 11.0 Å². The normalized spacial score (nSPS) is 18.1. The predicted octanol–water partition coefficient (Wildman–Crippen LogP) is 2.43. The highest BCUT2D eigenvalue weighted by atomic mass is 16.2. The summed E-state index contributed by atoms with van der Waals surface area (Å²) < 4.78 is 2.52. The van der Waals surface area contributed by atoms with Gasteiger partial charge in [-0.3, -0.25) is 13.9 Å². The first-order valence-electron chi connectivity index (χ1n) is 9.55. The van der Waals surface area contributed by atoms with Gasteiger partial charge in [-0.1, -0.05) is 38.1 Å². The largest absolute Gasteiger partial charge is 0.333 e. The Hall–Kier alpha value is -2.83. The van der Waals surface area contributed by atoms with Crippen molar-refractivity contribution in [2.24, 2.45) is 14.1 Å². The van der Waals surface area contributed by atoms with Crippen LogP contribution in [0, 0.1) is 0 Å². The molecule has 1 aliphatic rings. The molecule has 0 aliphatic carbocycles. The fourth-order valence-electron chi connectivity index (χ4n) is 4.78. The van der Waals surface area contributed by atoms with Gasteiger partial charge in [0, 0.05) is 26.2 Å². The van der Waals surface area contributed by atoms with E-state index in [-0.39, 0.29) is 22.2 Å². The highest BCUT2D eigenvalue weighted by Gasteiger charge is 2.40. The van der Waals surface area contributed by atoms with Crippen molar-refractivity contribution in [2.75, 3.05) is 4.90 Å². The van der Waals surface area contributed by atoms with Crippen molar-refractivity contribution in [1.82, 2.24) is 19.1 Å². The molecule has 0 radical (unpaired) electrons. The van der Waals surface area contributed by atoms with Crippen LogP contribution in [-0.4, -0.2) is 24.6 Å². The molecule has 28 heavy (non-hydrogen) atoms. The topological polar surface area (TPSA) is 75.9 Å². The molecule has 0 atom stereocenters. The van der Waals surface area contributed by atoms with Crippen LogP contribution >= 0.6 is 0 Å². The van der Waals surface area contributed by atoms with Gasteiger partial charge in [-0.05, 0) is 36.8 Å². The van der Waals surface area contributed by atoms with Crippen LogP contribution in [0.2, 0.25) is 0 Å². The molecule has 1 N–H and O–H groups in total. The first kappa shape index (κ1) is 18.5. The van der Waals surface area contributed by atoms with Crippen LogP contribution in [0.5, 0.6) is 0 Å². The van der Waals surface area contributed by atoms with E-state index >= 15 is 0 Å². The molecule has 7 nitrogen and oxygen atoms in total. The average Bonchev–Trinajstić information content (AvgIpc) is 3.03. The molecule has 0 bridgehead atoms. The second-order valence-corrected chi connectivity index (χ2v) is 9.08. The number of aryl methyl sites for hydroxylation is 1. The van der Waals surface area contributed by atoms with E-state index in [1.165, 1.54) is 22.7 Å². The summed E-state index contributed by atoms with van der Waals surface area (Å²) in [6.07, 6.45) is 0.922. The van der Waals surface area contributed by atoms with Crippen LogP contribution in [0.3, 0.4) is 0 Å². The van der Waals surface area contributed by atoms with Crippen molar-refractivity contribution in [1.29, 1.82) is 0 Å². The highest BCUT2D eigenvalue weighted by Crippen LogP contribution is 2.42. The number of imidazole rings is 1. The van der Waals surface area contributed by atoms with E-state index in [2.05, 4.69) is 66.8 Å². The second kappa shape index (κ2) is 5.83. The van der Waals surface area contributed by atoms with E-state index < -0.39 is 0 Å². The Labute approximate surface area is 163 Å². The van der Waals surface area contributed by atoms with Gasteiger partial charge in [0.15, 0.2) is 11.2 Å². The molecule has 0 fully saturated rings. The lowest BCUT2D eigenvalue weighted by molar-refractivity contribution is 0.338. The summed E-state index contributed by atoms with van der Waals surface area (Å²) in [5, 5.41) is 0. The van der Waals surface area contributed by atoms with Crippen molar-refractivity contribution in [2.45, 2.75) is 51.6 Å². The zero-order valence-electron chi connectivity index (χ0n) is 17.3. The Bertz CT molecular complexity index is 1200. The number of anilines is 1. The molecule has 4 rings (SSSR count). The molecule has 3 aromatic rings. The van der Waals surface area contributed by atoms with Crippen molar-refractivity contribution < 1.29 is 0 Å². The smallest absolute Gasteiger partial charge is 0.332 e. The number of aromatic amines is 1. The summed E-state index contributed by atoms with van der Waals surface area (Å²) in [5.74, 6) is 0.616. The number of hydrogen-bond acceptors (Lipinski definition) is 4. The maximum absolute atomic E-state index is 12.6. The summed E-state index contributed by atoms with van der Waals surface area (Å²) in [6.45, 7) is 9.63. The molecule has 0 saturated heterocycles. The van der Waals surface area contributed by atoms with E-state index in [1.54, 1.807) is 7.05 Å². The van der Waals surface area contributed by atoms with E-state index in [9.17, 15) is 9.59 Å². The predicted molar refractivity (Wildman–Crippen MR) is 111 cm³/mol. The minimum Gasteiger partial charge on any atom is -0.333 e. The van der Waals surface area contributed by atoms with Gasteiger partial charge in [-0.15, -0.1) is 0 Å². The van der Waals surface area contributed by atoms with E-state index in [1.807, 2.05) is 0 Å². The van der Waals surface area contributed by atoms with Gasteiger partial charge in [0.05, 0.1) is 0 Å². The zero-order chi connectivity index (χ0) is 20.4.